The number of aromatic nitrogens is 2. The van der Waals surface area contributed by atoms with Gasteiger partial charge in [0.25, 0.3) is 0 Å². The van der Waals surface area contributed by atoms with Gasteiger partial charge in [-0.2, -0.15) is 13.2 Å². The lowest BCUT2D eigenvalue weighted by molar-refractivity contribution is -0.138. The summed E-state index contributed by atoms with van der Waals surface area (Å²) in [5.41, 5.74) is -0.177. The number of esters is 1. The first-order valence-electron chi connectivity index (χ1n) is 7.32. The van der Waals surface area contributed by atoms with Crippen molar-refractivity contribution in [3.05, 3.63) is 54.2 Å². The van der Waals surface area contributed by atoms with E-state index in [9.17, 15) is 18.0 Å². The number of carbonyl (C=O) groups is 1. The molecule has 1 heterocycles. The molecule has 6 nitrogen and oxygen atoms in total. The van der Waals surface area contributed by atoms with E-state index in [1.807, 2.05) is 0 Å². The second-order valence-corrected chi connectivity index (χ2v) is 5.13. The van der Waals surface area contributed by atoms with Gasteiger partial charge in [0, 0.05) is 18.7 Å². The van der Waals surface area contributed by atoms with Crippen molar-refractivity contribution in [2.45, 2.75) is 6.18 Å². The average Bonchev–Trinajstić information content (AvgIpc) is 2.64. The van der Waals surface area contributed by atoms with Crippen molar-refractivity contribution in [2.75, 3.05) is 26.2 Å². The molecule has 0 fully saturated rings. The van der Waals surface area contributed by atoms with E-state index in [2.05, 4.69) is 14.7 Å². The molecule has 0 aliphatic carbocycles. The molecule has 0 spiro atoms. The van der Waals surface area contributed by atoms with E-state index >= 15 is 0 Å². The minimum Gasteiger partial charge on any atom is -0.502 e. The molecule has 1 aromatic carbocycles. The van der Waals surface area contributed by atoms with Crippen molar-refractivity contribution in [1.29, 1.82) is 0 Å². The van der Waals surface area contributed by atoms with Gasteiger partial charge in [0.15, 0.2) is 5.70 Å². The molecular weight excluding hydrogens is 351 g/mol. The summed E-state index contributed by atoms with van der Waals surface area (Å²) >= 11 is 0. The van der Waals surface area contributed by atoms with E-state index in [4.69, 9.17) is 4.74 Å². The predicted octanol–water partition coefficient (Wildman–Crippen LogP) is 3.26. The van der Waals surface area contributed by atoms with Gasteiger partial charge in [-0.05, 0) is 12.1 Å². The van der Waals surface area contributed by atoms with Gasteiger partial charge in [0.05, 0.1) is 25.5 Å². The standard InChI is InChI=1S/C17H16F3N3O3/c1-23(14(9-25-2)16(24)26-3)15-8-13(21-10-22-15)11-5-4-6-12(7-11)17(18,19)20/h4-10H,1-3H3/b14-9+. The first-order chi connectivity index (χ1) is 12.3. The van der Waals surface area contributed by atoms with Crippen molar-refractivity contribution in [3.8, 4) is 11.3 Å². The Morgan fingerprint density at radius 1 is 1.19 bits per heavy atom. The third kappa shape index (κ3) is 4.29. The molecule has 2 rings (SSSR count). The molecule has 0 radical (unpaired) electrons. The number of hydrogen-bond acceptors (Lipinski definition) is 6. The summed E-state index contributed by atoms with van der Waals surface area (Å²) in [6.45, 7) is 0. The number of halogens is 3. The Kier molecular flexibility index (Phi) is 5.81. The van der Waals surface area contributed by atoms with E-state index in [1.165, 1.54) is 49.9 Å². The third-order valence-electron chi connectivity index (χ3n) is 3.47. The number of rotatable bonds is 5. The Morgan fingerprint density at radius 2 is 1.92 bits per heavy atom. The maximum atomic E-state index is 12.9. The highest BCUT2D eigenvalue weighted by molar-refractivity contribution is 5.92. The summed E-state index contributed by atoms with van der Waals surface area (Å²) in [4.78, 5) is 21.3. The van der Waals surface area contributed by atoms with E-state index in [-0.39, 0.29) is 22.8 Å². The zero-order chi connectivity index (χ0) is 19.3. The number of likely N-dealkylation sites (N-methyl/N-ethyl adjacent to an activating group) is 1. The zero-order valence-electron chi connectivity index (χ0n) is 14.2. The Balaban J connectivity index is 2.42. The molecule has 0 saturated carbocycles. The fraction of sp³-hybridized carbons (Fsp3) is 0.235. The fourth-order valence-corrected chi connectivity index (χ4v) is 2.15. The number of ether oxygens (including phenoxy) is 2. The Hall–Kier alpha value is -3.10. The number of alkyl halides is 3. The van der Waals surface area contributed by atoms with Crippen LogP contribution in [0.4, 0.5) is 19.0 Å². The normalized spacial score (nSPS) is 11.8. The molecule has 138 valence electrons. The fourth-order valence-electron chi connectivity index (χ4n) is 2.15. The molecule has 0 bridgehead atoms. The van der Waals surface area contributed by atoms with Crippen LogP contribution in [0.25, 0.3) is 11.3 Å². The van der Waals surface area contributed by atoms with Crippen LogP contribution in [0.1, 0.15) is 5.56 Å². The van der Waals surface area contributed by atoms with E-state index < -0.39 is 17.7 Å². The summed E-state index contributed by atoms with van der Waals surface area (Å²) in [6, 6.07) is 6.25. The first-order valence-corrected chi connectivity index (χ1v) is 7.32. The maximum Gasteiger partial charge on any atom is 0.416 e. The average molecular weight is 367 g/mol. The molecule has 0 atom stereocenters. The molecular formula is C17H16F3N3O3. The molecule has 1 aromatic heterocycles. The van der Waals surface area contributed by atoms with Gasteiger partial charge in [-0.3, -0.25) is 0 Å². The monoisotopic (exact) mass is 367 g/mol. The molecule has 0 unspecified atom stereocenters. The van der Waals surface area contributed by atoms with Crippen LogP contribution in [0, 0.1) is 0 Å². The van der Waals surface area contributed by atoms with Crippen molar-refractivity contribution < 1.29 is 27.4 Å². The van der Waals surface area contributed by atoms with E-state index in [0.717, 1.165) is 12.1 Å². The molecule has 0 aliphatic rings. The van der Waals surface area contributed by atoms with Crippen LogP contribution >= 0.6 is 0 Å². The highest BCUT2D eigenvalue weighted by atomic mass is 19.4. The largest absolute Gasteiger partial charge is 0.502 e. The van der Waals surface area contributed by atoms with E-state index in [0.29, 0.717) is 0 Å². The Labute approximate surface area is 147 Å². The summed E-state index contributed by atoms with van der Waals surface area (Å²) in [5.74, 6) is -0.380. The van der Waals surface area contributed by atoms with Gasteiger partial charge in [-0.15, -0.1) is 0 Å². The van der Waals surface area contributed by atoms with Crippen LogP contribution in [0.2, 0.25) is 0 Å². The molecule has 26 heavy (non-hydrogen) atoms. The highest BCUT2D eigenvalue weighted by Crippen LogP contribution is 2.32. The smallest absolute Gasteiger partial charge is 0.416 e. The number of carbonyl (C=O) groups excluding carboxylic acids is 1. The van der Waals surface area contributed by atoms with Gasteiger partial charge >= 0.3 is 12.1 Å². The minimum absolute atomic E-state index is 0.0590. The molecule has 2 aromatic rings. The van der Waals surface area contributed by atoms with Gasteiger partial charge in [-0.1, -0.05) is 12.1 Å². The Bertz CT molecular complexity index is 822. The third-order valence-corrected chi connectivity index (χ3v) is 3.47. The summed E-state index contributed by atoms with van der Waals surface area (Å²) in [6.07, 6.45) is -2.08. The van der Waals surface area contributed by atoms with Crippen LogP contribution < -0.4 is 4.90 Å². The molecule has 0 saturated heterocycles. The molecule has 9 heteroatoms. The quantitative estimate of drug-likeness (QED) is 0.459. The van der Waals surface area contributed by atoms with Crippen LogP contribution in [0.15, 0.2) is 48.6 Å². The van der Waals surface area contributed by atoms with Gasteiger partial charge in [0.1, 0.15) is 18.4 Å². The van der Waals surface area contributed by atoms with Gasteiger partial charge < -0.3 is 14.4 Å². The molecule has 0 aliphatic heterocycles. The van der Waals surface area contributed by atoms with Crippen LogP contribution in [0.3, 0.4) is 0 Å². The second-order valence-electron chi connectivity index (χ2n) is 5.13. The SMILES string of the molecule is CO/C=C(\C(=O)OC)N(C)c1cc(-c2cccc(C(F)(F)F)c2)ncn1. The number of hydrogen-bond donors (Lipinski definition) is 0. The zero-order valence-corrected chi connectivity index (χ0v) is 14.2. The Morgan fingerprint density at radius 3 is 2.54 bits per heavy atom. The summed E-state index contributed by atoms with van der Waals surface area (Å²) in [7, 11) is 4.12. The first kappa shape index (κ1) is 19.2. The maximum absolute atomic E-state index is 12.9. The van der Waals surface area contributed by atoms with Crippen LogP contribution in [-0.2, 0) is 20.4 Å². The summed E-state index contributed by atoms with van der Waals surface area (Å²) in [5, 5.41) is 0. The number of benzene rings is 1. The topological polar surface area (TPSA) is 64.6 Å². The van der Waals surface area contributed by atoms with Crippen LogP contribution in [-0.4, -0.2) is 37.2 Å². The molecule has 0 N–H and O–H groups in total. The number of methoxy groups -OCH3 is 2. The second kappa shape index (κ2) is 7.85. The number of nitrogens with zero attached hydrogens (tertiary/aromatic N) is 3. The summed E-state index contributed by atoms with van der Waals surface area (Å²) < 4.78 is 48.2. The van der Waals surface area contributed by atoms with Gasteiger partial charge in [0.2, 0.25) is 0 Å². The minimum atomic E-state index is -4.46. The lowest BCUT2D eigenvalue weighted by Crippen LogP contribution is -2.25. The number of anilines is 1. The van der Waals surface area contributed by atoms with Gasteiger partial charge in [-0.25, -0.2) is 14.8 Å². The van der Waals surface area contributed by atoms with Crippen LogP contribution in [0.5, 0.6) is 0 Å². The van der Waals surface area contributed by atoms with Crippen molar-refractivity contribution >= 4 is 11.8 Å². The van der Waals surface area contributed by atoms with E-state index in [1.54, 1.807) is 7.05 Å². The highest BCUT2D eigenvalue weighted by Gasteiger charge is 2.30. The van der Waals surface area contributed by atoms with Crippen molar-refractivity contribution in [1.82, 2.24) is 9.97 Å². The van der Waals surface area contributed by atoms with Crippen molar-refractivity contribution in [2.24, 2.45) is 0 Å². The lowest BCUT2D eigenvalue weighted by Gasteiger charge is -2.19. The lowest BCUT2D eigenvalue weighted by atomic mass is 10.1. The van der Waals surface area contributed by atoms with Crippen molar-refractivity contribution in [3.63, 3.8) is 0 Å². The predicted molar refractivity (Wildman–Crippen MR) is 88.0 cm³/mol. The molecule has 0 amide bonds.